The summed E-state index contributed by atoms with van der Waals surface area (Å²) in [5.74, 6) is 2.02. The highest BCUT2D eigenvalue weighted by Crippen LogP contribution is 2.44. The molecule has 1 fully saturated rings. The third-order valence-corrected chi connectivity index (χ3v) is 6.00. The van der Waals surface area contributed by atoms with Gasteiger partial charge in [0.1, 0.15) is 24.1 Å². The van der Waals surface area contributed by atoms with Crippen LogP contribution in [0.3, 0.4) is 0 Å². The molecular formula is C18H21ClN4O4S. The SMILES string of the molecule is COCOCC1C[C@H]2COc3c(Sc4cnc(Cl)c(CO)n4)ccnc3N2C1. The van der Waals surface area contributed by atoms with Crippen LogP contribution >= 0.6 is 23.4 Å². The first-order valence-corrected chi connectivity index (χ1v) is 10.1. The summed E-state index contributed by atoms with van der Waals surface area (Å²) in [6, 6.07) is 2.20. The first-order valence-electron chi connectivity index (χ1n) is 8.94. The predicted octanol–water partition coefficient (Wildman–Crippen LogP) is 2.38. The van der Waals surface area contributed by atoms with Crippen molar-refractivity contribution < 1.29 is 19.3 Å². The van der Waals surface area contributed by atoms with Gasteiger partial charge in [0.15, 0.2) is 16.7 Å². The van der Waals surface area contributed by atoms with Crippen molar-refractivity contribution in [2.75, 3.05) is 38.6 Å². The Balaban J connectivity index is 1.53. The number of aromatic nitrogens is 3. The fraction of sp³-hybridized carbons (Fsp3) is 0.500. The Labute approximate surface area is 172 Å². The first kappa shape index (κ1) is 19.7. The molecule has 4 rings (SSSR count). The summed E-state index contributed by atoms with van der Waals surface area (Å²) < 4.78 is 16.6. The van der Waals surface area contributed by atoms with Gasteiger partial charge < -0.3 is 24.2 Å². The molecule has 1 N–H and O–H groups in total. The highest BCUT2D eigenvalue weighted by molar-refractivity contribution is 7.99. The molecular weight excluding hydrogens is 404 g/mol. The Morgan fingerprint density at radius 3 is 3.14 bits per heavy atom. The van der Waals surface area contributed by atoms with Crippen LogP contribution < -0.4 is 9.64 Å². The van der Waals surface area contributed by atoms with Gasteiger partial charge in [0.05, 0.1) is 30.3 Å². The van der Waals surface area contributed by atoms with Crippen LogP contribution in [0.15, 0.2) is 28.4 Å². The summed E-state index contributed by atoms with van der Waals surface area (Å²) in [5, 5.41) is 10.2. The van der Waals surface area contributed by atoms with Crippen LogP contribution in [0.5, 0.6) is 5.75 Å². The van der Waals surface area contributed by atoms with Crippen LogP contribution in [0.4, 0.5) is 5.82 Å². The van der Waals surface area contributed by atoms with E-state index in [-0.39, 0.29) is 11.8 Å². The van der Waals surface area contributed by atoms with Crippen LogP contribution in [0.1, 0.15) is 12.1 Å². The minimum Gasteiger partial charge on any atom is -0.486 e. The Bertz CT molecular complexity index is 843. The average Bonchev–Trinajstić information content (AvgIpc) is 3.13. The van der Waals surface area contributed by atoms with Crippen molar-refractivity contribution >= 4 is 29.2 Å². The van der Waals surface area contributed by atoms with Gasteiger partial charge in [0.25, 0.3) is 0 Å². The maximum Gasteiger partial charge on any atom is 0.175 e. The van der Waals surface area contributed by atoms with Crippen LogP contribution in [0.2, 0.25) is 5.15 Å². The van der Waals surface area contributed by atoms with Gasteiger partial charge in [-0.15, -0.1) is 0 Å². The number of hydrogen-bond acceptors (Lipinski definition) is 9. The van der Waals surface area contributed by atoms with Gasteiger partial charge in [-0.3, -0.25) is 0 Å². The molecule has 2 aromatic heterocycles. The second-order valence-electron chi connectivity index (χ2n) is 6.66. The topological polar surface area (TPSA) is 89.8 Å². The number of pyridine rings is 1. The van der Waals surface area contributed by atoms with Crippen molar-refractivity contribution in [3.63, 3.8) is 0 Å². The summed E-state index contributed by atoms with van der Waals surface area (Å²) in [6.45, 7) is 2.20. The second kappa shape index (κ2) is 8.79. The third kappa shape index (κ3) is 4.04. The van der Waals surface area contributed by atoms with E-state index in [1.165, 1.54) is 11.8 Å². The lowest BCUT2D eigenvalue weighted by Gasteiger charge is -2.33. The Hall–Kier alpha value is -1.65. The molecule has 150 valence electrons. The van der Waals surface area contributed by atoms with E-state index in [0.717, 1.165) is 29.4 Å². The van der Waals surface area contributed by atoms with Gasteiger partial charge in [-0.2, -0.15) is 0 Å². The first-order chi connectivity index (χ1) is 13.7. The molecule has 8 nitrogen and oxygen atoms in total. The molecule has 1 saturated heterocycles. The molecule has 0 saturated carbocycles. The van der Waals surface area contributed by atoms with Crippen LogP contribution in [-0.4, -0.2) is 59.8 Å². The van der Waals surface area contributed by atoms with Crippen molar-refractivity contribution in [2.24, 2.45) is 5.92 Å². The third-order valence-electron chi connectivity index (χ3n) is 4.73. The van der Waals surface area contributed by atoms with Gasteiger partial charge >= 0.3 is 0 Å². The molecule has 10 heteroatoms. The molecule has 0 amide bonds. The van der Waals surface area contributed by atoms with Crippen molar-refractivity contribution in [1.82, 2.24) is 15.0 Å². The number of anilines is 1. The molecule has 2 atom stereocenters. The molecule has 2 aliphatic heterocycles. The van der Waals surface area contributed by atoms with E-state index in [4.69, 9.17) is 25.8 Å². The van der Waals surface area contributed by atoms with Gasteiger partial charge in [0.2, 0.25) is 0 Å². The number of aliphatic hydroxyl groups is 1. The molecule has 28 heavy (non-hydrogen) atoms. The highest BCUT2D eigenvalue weighted by atomic mass is 35.5. The zero-order valence-electron chi connectivity index (χ0n) is 15.4. The highest BCUT2D eigenvalue weighted by Gasteiger charge is 2.38. The average molecular weight is 425 g/mol. The van der Waals surface area contributed by atoms with E-state index in [1.54, 1.807) is 19.5 Å². The van der Waals surface area contributed by atoms with Crippen molar-refractivity contribution in [2.45, 2.75) is 29.0 Å². The number of ether oxygens (including phenoxy) is 3. The lowest BCUT2D eigenvalue weighted by molar-refractivity contribution is -0.0414. The summed E-state index contributed by atoms with van der Waals surface area (Å²) in [5.41, 5.74) is 0.356. The quantitative estimate of drug-likeness (QED) is 0.531. The van der Waals surface area contributed by atoms with E-state index in [0.29, 0.717) is 42.7 Å². The number of fused-ring (bicyclic) bond motifs is 3. The molecule has 0 aromatic carbocycles. The number of methoxy groups -OCH3 is 1. The minimum atomic E-state index is -0.257. The summed E-state index contributed by atoms with van der Waals surface area (Å²) in [4.78, 5) is 16.2. The number of rotatable bonds is 7. The van der Waals surface area contributed by atoms with Crippen LogP contribution in [-0.2, 0) is 16.1 Å². The summed E-state index contributed by atoms with van der Waals surface area (Å²) >= 11 is 7.35. The number of halogens is 1. The number of aliphatic hydroxyl groups excluding tert-OH is 1. The summed E-state index contributed by atoms with van der Waals surface area (Å²) in [6.07, 6.45) is 4.37. The van der Waals surface area contributed by atoms with Gasteiger partial charge in [-0.1, -0.05) is 23.4 Å². The van der Waals surface area contributed by atoms with Gasteiger partial charge in [-0.05, 0) is 12.5 Å². The number of hydrogen-bond donors (Lipinski definition) is 1. The van der Waals surface area contributed by atoms with Gasteiger partial charge in [0, 0.05) is 25.8 Å². The Morgan fingerprint density at radius 1 is 1.43 bits per heavy atom. The monoisotopic (exact) mass is 424 g/mol. The zero-order valence-corrected chi connectivity index (χ0v) is 16.9. The lowest BCUT2D eigenvalue weighted by Crippen LogP contribution is -2.39. The molecule has 1 unspecified atom stereocenters. The Kier molecular flexibility index (Phi) is 6.17. The molecule has 4 heterocycles. The van der Waals surface area contributed by atoms with E-state index < -0.39 is 0 Å². The van der Waals surface area contributed by atoms with E-state index >= 15 is 0 Å². The van der Waals surface area contributed by atoms with Crippen molar-refractivity contribution in [3.8, 4) is 5.75 Å². The second-order valence-corrected chi connectivity index (χ2v) is 8.08. The lowest BCUT2D eigenvalue weighted by atomic mass is 10.1. The van der Waals surface area contributed by atoms with Crippen LogP contribution in [0.25, 0.3) is 0 Å². The summed E-state index contributed by atoms with van der Waals surface area (Å²) in [7, 11) is 1.62. The maximum absolute atomic E-state index is 9.35. The van der Waals surface area contributed by atoms with E-state index in [9.17, 15) is 5.11 Å². The van der Waals surface area contributed by atoms with Crippen molar-refractivity contribution in [3.05, 3.63) is 29.3 Å². The van der Waals surface area contributed by atoms with E-state index in [1.807, 2.05) is 6.07 Å². The van der Waals surface area contributed by atoms with Crippen molar-refractivity contribution in [1.29, 1.82) is 0 Å². The smallest absolute Gasteiger partial charge is 0.175 e. The predicted molar refractivity (Wildman–Crippen MR) is 104 cm³/mol. The Morgan fingerprint density at radius 2 is 2.32 bits per heavy atom. The van der Waals surface area contributed by atoms with Crippen LogP contribution in [0, 0.1) is 5.92 Å². The molecule has 0 spiro atoms. The fourth-order valence-corrected chi connectivity index (χ4v) is 4.54. The molecule has 0 aliphatic carbocycles. The molecule has 2 aromatic rings. The zero-order chi connectivity index (χ0) is 19.5. The van der Waals surface area contributed by atoms with E-state index in [2.05, 4.69) is 19.9 Å². The standard InChI is InChI=1S/C18H21ClN4O4S/c1-25-10-26-8-11-4-12-9-27-16-14(2-3-20-18(16)23(12)6-11)28-15-5-21-17(19)13(7-24)22-15/h2-3,5,11-12,24H,4,6-10H2,1H3/t11?,12-/m0/s1. The largest absolute Gasteiger partial charge is 0.486 e. The molecule has 0 radical (unpaired) electrons. The van der Waals surface area contributed by atoms with Gasteiger partial charge in [-0.25, -0.2) is 15.0 Å². The maximum atomic E-state index is 9.35. The molecule has 0 bridgehead atoms. The fourth-order valence-electron chi connectivity index (χ4n) is 3.53. The molecule has 2 aliphatic rings. The minimum absolute atomic E-state index is 0.210. The number of nitrogens with zero attached hydrogens (tertiary/aromatic N) is 4. The normalized spacial score (nSPS) is 20.6.